The number of nitrogens with zero attached hydrogens (tertiary/aromatic N) is 1. The first-order valence-electron chi connectivity index (χ1n) is 8.31. The molecule has 1 fully saturated rings. The Hall–Kier alpha value is -2.00. The van der Waals surface area contributed by atoms with Crippen LogP contribution in [0.2, 0.25) is 0 Å². The van der Waals surface area contributed by atoms with Crippen molar-refractivity contribution < 1.29 is 27.4 Å². The number of carbonyl (C=O) groups is 1. The zero-order valence-corrected chi connectivity index (χ0v) is 16.4. The van der Waals surface area contributed by atoms with Crippen LogP contribution in [0.25, 0.3) is 0 Å². The van der Waals surface area contributed by atoms with Crippen LogP contribution in [0.15, 0.2) is 12.1 Å². The normalized spacial score (nSPS) is 18.2. The van der Waals surface area contributed by atoms with Gasteiger partial charge in [0.05, 0.1) is 33.5 Å². The van der Waals surface area contributed by atoms with Crippen LogP contribution in [0.4, 0.5) is 0 Å². The molecule has 1 saturated heterocycles. The van der Waals surface area contributed by atoms with Gasteiger partial charge in [0.25, 0.3) is 0 Å². The molecule has 0 aliphatic carbocycles. The Morgan fingerprint density at radius 3 is 2.31 bits per heavy atom. The number of piperidine rings is 1. The van der Waals surface area contributed by atoms with E-state index in [0.29, 0.717) is 36.6 Å². The Bertz CT molecular complexity index is 725. The van der Waals surface area contributed by atoms with E-state index >= 15 is 0 Å². The molecule has 1 N–H and O–H groups in total. The van der Waals surface area contributed by atoms with E-state index in [9.17, 15) is 13.2 Å². The summed E-state index contributed by atoms with van der Waals surface area (Å²) < 4.78 is 40.6. The largest absolute Gasteiger partial charge is 0.493 e. The summed E-state index contributed by atoms with van der Waals surface area (Å²) in [5.41, 5.74) is 0.795. The first-order valence-corrected chi connectivity index (χ1v) is 10.2. The van der Waals surface area contributed by atoms with Gasteiger partial charge in [-0.3, -0.25) is 4.79 Å². The molecular formula is C17H26N2O6S. The van der Waals surface area contributed by atoms with Crippen molar-refractivity contribution >= 4 is 15.9 Å². The molecule has 0 radical (unpaired) electrons. The molecule has 146 valence electrons. The maximum absolute atomic E-state index is 12.5. The minimum atomic E-state index is -3.28. The molecule has 26 heavy (non-hydrogen) atoms. The van der Waals surface area contributed by atoms with Crippen molar-refractivity contribution in [1.82, 2.24) is 9.62 Å². The molecule has 1 amide bonds. The first-order chi connectivity index (χ1) is 12.3. The summed E-state index contributed by atoms with van der Waals surface area (Å²) in [6.45, 7) is 0.973. The van der Waals surface area contributed by atoms with Crippen molar-refractivity contribution in [1.29, 1.82) is 0 Å². The molecule has 1 aromatic carbocycles. The number of hydrogen-bond acceptors (Lipinski definition) is 6. The summed E-state index contributed by atoms with van der Waals surface area (Å²) in [6.07, 6.45) is 2.52. The fraction of sp³-hybridized carbons (Fsp3) is 0.588. The Labute approximate surface area is 154 Å². The molecule has 0 bridgehead atoms. The molecule has 1 aliphatic rings. The fourth-order valence-electron chi connectivity index (χ4n) is 3.03. The van der Waals surface area contributed by atoms with Gasteiger partial charge in [-0.2, -0.15) is 0 Å². The fourth-order valence-corrected chi connectivity index (χ4v) is 3.94. The quantitative estimate of drug-likeness (QED) is 0.751. The smallest absolute Gasteiger partial charge is 0.224 e. The molecule has 0 aromatic heterocycles. The predicted molar refractivity (Wildman–Crippen MR) is 97.1 cm³/mol. The molecule has 0 saturated carbocycles. The lowest BCUT2D eigenvalue weighted by Crippen LogP contribution is -2.44. The zero-order chi connectivity index (χ0) is 19.3. The van der Waals surface area contributed by atoms with Crippen LogP contribution in [-0.2, 0) is 21.4 Å². The second-order valence-corrected chi connectivity index (χ2v) is 8.19. The lowest BCUT2D eigenvalue weighted by atomic mass is 9.98. The molecule has 1 aliphatic heterocycles. The van der Waals surface area contributed by atoms with Crippen molar-refractivity contribution in [2.24, 2.45) is 5.92 Å². The average Bonchev–Trinajstić information content (AvgIpc) is 2.64. The lowest BCUT2D eigenvalue weighted by Gasteiger charge is -2.30. The second kappa shape index (κ2) is 8.59. The topological polar surface area (TPSA) is 94.2 Å². The molecular weight excluding hydrogens is 360 g/mol. The highest BCUT2D eigenvalue weighted by Gasteiger charge is 2.30. The third-order valence-electron chi connectivity index (χ3n) is 4.42. The van der Waals surface area contributed by atoms with Crippen molar-refractivity contribution in [3.63, 3.8) is 0 Å². The summed E-state index contributed by atoms with van der Waals surface area (Å²) in [7, 11) is 1.31. The summed E-state index contributed by atoms with van der Waals surface area (Å²) in [4.78, 5) is 12.5. The van der Waals surface area contributed by atoms with E-state index < -0.39 is 10.0 Å². The number of benzene rings is 1. The van der Waals surface area contributed by atoms with Crippen LogP contribution < -0.4 is 19.5 Å². The maximum Gasteiger partial charge on any atom is 0.224 e. The number of amides is 1. The summed E-state index contributed by atoms with van der Waals surface area (Å²) >= 11 is 0. The van der Waals surface area contributed by atoms with Crippen LogP contribution in [0.3, 0.4) is 0 Å². The van der Waals surface area contributed by atoms with Gasteiger partial charge >= 0.3 is 0 Å². The highest BCUT2D eigenvalue weighted by Crippen LogP contribution is 2.38. The van der Waals surface area contributed by atoms with Gasteiger partial charge in [0.1, 0.15) is 0 Å². The molecule has 0 spiro atoms. The predicted octanol–water partition coefficient (Wildman–Crippen LogP) is 1.00. The standard InChI is InChI=1S/C17H26N2O6S/c1-23-14-8-12(9-15(24-2)16(14)25-3)10-18-17(20)13-6-5-7-19(11-13)26(4,21)22/h8-9,13H,5-7,10-11H2,1-4H3,(H,18,20)/t13-/m0/s1. The van der Waals surface area contributed by atoms with Gasteiger partial charge in [-0.1, -0.05) is 0 Å². The van der Waals surface area contributed by atoms with E-state index in [2.05, 4.69) is 5.32 Å². The Balaban J connectivity index is 2.05. The SMILES string of the molecule is COc1cc(CNC(=O)[C@H]2CCCN(S(C)(=O)=O)C2)cc(OC)c1OC. The molecule has 8 nitrogen and oxygen atoms in total. The van der Waals surface area contributed by atoms with Gasteiger partial charge < -0.3 is 19.5 Å². The summed E-state index contributed by atoms with van der Waals surface area (Å²) in [6, 6.07) is 3.54. The number of rotatable bonds is 7. The van der Waals surface area contributed by atoms with E-state index in [4.69, 9.17) is 14.2 Å². The minimum absolute atomic E-state index is 0.160. The minimum Gasteiger partial charge on any atom is -0.493 e. The van der Waals surface area contributed by atoms with E-state index in [1.54, 1.807) is 12.1 Å². The van der Waals surface area contributed by atoms with Crippen molar-refractivity contribution in [3.8, 4) is 17.2 Å². The molecule has 0 unspecified atom stereocenters. The lowest BCUT2D eigenvalue weighted by molar-refractivity contribution is -0.126. The Kier molecular flexibility index (Phi) is 6.71. The van der Waals surface area contributed by atoms with Crippen molar-refractivity contribution in [3.05, 3.63) is 17.7 Å². The van der Waals surface area contributed by atoms with Crippen LogP contribution >= 0.6 is 0 Å². The van der Waals surface area contributed by atoms with Crippen LogP contribution in [0, 0.1) is 5.92 Å². The molecule has 9 heteroatoms. The van der Waals surface area contributed by atoms with Gasteiger partial charge in [0, 0.05) is 19.6 Å². The Morgan fingerprint density at radius 1 is 1.19 bits per heavy atom. The van der Waals surface area contributed by atoms with Gasteiger partial charge in [-0.05, 0) is 30.5 Å². The number of nitrogens with one attached hydrogen (secondary N) is 1. The molecule has 1 atom stereocenters. The first kappa shape index (κ1) is 20.3. The van der Waals surface area contributed by atoms with Gasteiger partial charge in [0.15, 0.2) is 11.5 Å². The maximum atomic E-state index is 12.5. The molecule has 2 rings (SSSR count). The van der Waals surface area contributed by atoms with E-state index in [-0.39, 0.29) is 24.9 Å². The van der Waals surface area contributed by atoms with E-state index in [1.165, 1.54) is 31.9 Å². The number of sulfonamides is 1. The number of hydrogen-bond donors (Lipinski definition) is 1. The number of carbonyl (C=O) groups excluding carboxylic acids is 1. The highest BCUT2D eigenvalue weighted by atomic mass is 32.2. The monoisotopic (exact) mass is 386 g/mol. The van der Waals surface area contributed by atoms with Crippen LogP contribution in [-0.4, -0.2) is 59.3 Å². The van der Waals surface area contributed by atoms with Crippen molar-refractivity contribution in [2.45, 2.75) is 19.4 Å². The van der Waals surface area contributed by atoms with Gasteiger partial charge in [-0.15, -0.1) is 0 Å². The second-order valence-electron chi connectivity index (χ2n) is 6.21. The number of ether oxygens (including phenoxy) is 3. The summed E-state index contributed by atoms with van der Waals surface area (Å²) in [5.74, 6) is 1.00. The van der Waals surface area contributed by atoms with Crippen molar-refractivity contribution in [2.75, 3.05) is 40.7 Å². The van der Waals surface area contributed by atoms with Crippen LogP contribution in [0.1, 0.15) is 18.4 Å². The van der Waals surface area contributed by atoms with E-state index in [0.717, 1.165) is 5.56 Å². The summed E-state index contributed by atoms with van der Waals surface area (Å²) in [5, 5.41) is 2.87. The molecule has 1 aromatic rings. The van der Waals surface area contributed by atoms with Gasteiger partial charge in [0.2, 0.25) is 21.7 Å². The average molecular weight is 386 g/mol. The number of methoxy groups -OCH3 is 3. The van der Waals surface area contributed by atoms with Gasteiger partial charge in [-0.25, -0.2) is 12.7 Å². The Morgan fingerprint density at radius 2 is 1.81 bits per heavy atom. The zero-order valence-electron chi connectivity index (χ0n) is 15.6. The third-order valence-corrected chi connectivity index (χ3v) is 5.68. The van der Waals surface area contributed by atoms with E-state index in [1.807, 2.05) is 0 Å². The molecule has 1 heterocycles. The third kappa shape index (κ3) is 4.79. The van der Waals surface area contributed by atoms with Crippen LogP contribution in [0.5, 0.6) is 17.2 Å². The highest BCUT2D eigenvalue weighted by molar-refractivity contribution is 7.88.